The van der Waals surface area contributed by atoms with Gasteiger partial charge in [0.1, 0.15) is 12.4 Å². The largest absolute Gasteiger partial charge is 0.489 e. The van der Waals surface area contributed by atoms with Crippen molar-refractivity contribution in [1.82, 2.24) is 0 Å². The highest BCUT2D eigenvalue weighted by atomic mass is 16.5. The van der Waals surface area contributed by atoms with Crippen LogP contribution in [0.5, 0.6) is 5.75 Å². The Balaban J connectivity index is 1.56. The normalized spacial score (nSPS) is 17.8. The van der Waals surface area contributed by atoms with E-state index in [0.29, 0.717) is 36.3 Å². The molecule has 0 fully saturated rings. The molecule has 4 aromatic rings. The molecule has 1 unspecified atom stereocenters. The monoisotopic (exact) mass is 528 g/mol. The smallest absolute Gasteiger partial charge is 0.259 e. The van der Waals surface area contributed by atoms with Crippen molar-refractivity contribution in [2.24, 2.45) is 5.41 Å². The fourth-order valence-corrected chi connectivity index (χ4v) is 5.80. The molecular weight excluding hydrogens is 496 g/mol. The van der Waals surface area contributed by atoms with Crippen LogP contribution in [-0.4, -0.2) is 11.7 Å². The van der Waals surface area contributed by atoms with Crippen LogP contribution in [0, 0.1) is 5.41 Å². The summed E-state index contributed by atoms with van der Waals surface area (Å²) < 4.78 is 6.40. The van der Waals surface area contributed by atoms with E-state index in [1.54, 1.807) is 4.90 Å². The van der Waals surface area contributed by atoms with Crippen LogP contribution in [0.15, 0.2) is 120 Å². The van der Waals surface area contributed by atoms with Gasteiger partial charge in [-0.25, -0.2) is 0 Å². The summed E-state index contributed by atoms with van der Waals surface area (Å²) in [6, 6.07) is 34.1. The number of carbonyl (C=O) groups is 2. The number of nitrogens with zero attached hydrogens (tertiary/aromatic N) is 1. The number of Topliss-reactive ketones (excluding diaryl/α,β-unsaturated/α-hetero) is 1. The van der Waals surface area contributed by atoms with Gasteiger partial charge in [0, 0.05) is 28.8 Å². The van der Waals surface area contributed by atoms with Crippen molar-refractivity contribution in [3.63, 3.8) is 0 Å². The number of fused-ring (bicyclic) bond motifs is 1. The Morgan fingerprint density at radius 2 is 1.50 bits per heavy atom. The number of ketones is 1. The fourth-order valence-electron chi connectivity index (χ4n) is 5.80. The van der Waals surface area contributed by atoms with E-state index >= 15 is 0 Å². The van der Waals surface area contributed by atoms with E-state index < -0.39 is 6.04 Å². The standard InChI is InChI=1S/C35H32N2O3/c1-35(2)21-28-32(30(38)22-35)33(26-17-9-12-20-31(26)40-23-24-13-5-3-6-14-24)37(29-19-11-10-18-27(29)36-28)34(39)25-15-7-4-8-16-25/h3-20,33,36H,21-23H2,1-2H3. The third-order valence-electron chi connectivity index (χ3n) is 7.59. The number of amides is 1. The van der Waals surface area contributed by atoms with E-state index in [4.69, 9.17) is 4.74 Å². The van der Waals surface area contributed by atoms with Gasteiger partial charge in [-0.2, -0.15) is 0 Å². The summed E-state index contributed by atoms with van der Waals surface area (Å²) in [5.74, 6) is 0.510. The topological polar surface area (TPSA) is 58.6 Å². The molecule has 0 aromatic heterocycles. The number of hydrogen-bond donors (Lipinski definition) is 1. The molecule has 2 aliphatic rings. The summed E-state index contributed by atoms with van der Waals surface area (Å²) in [5.41, 5.74) is 5.17. The van der Waals surface area contributed by atoms with Crippen LogP contribution in [0.25, 0.3) is 0 Å². The quantitative estimate of drug-likeness (QED) is 0.288. The van der Waals surface area contributed by atoms with E-state index in [9.17, 15) is 9.59 Å². The molecule has 5 heteroatoms. The number of hydrogen-bond acceptors (Lipinski definition) is 4. The van der Waals surface area contributed by atoms with Gasteiger partial charge in [-0.05, 0) is 47.7 Å². The van der Waals surface area contributed by atoms with Crippen LogP contribution < -0.4 is 15.0 Å². The van der Waals surface area contributed by atoms with Crippen LogP contribution in [0.3, 0.4) is 0 Å². The summed E-state index contributed by atoms with van der Waals surface area (Å²) >= 11 is 0. The summed E-state index contributed by atoms with van der Waals surface area (Å²) in [6.45, 7) is 4.61. The van der Waals surface area contributed by atoms with E-state index in [0.717, 1.165) is 28.2 Å². The highest BCUT2D eigenvalue weighted by molar-refractivity contribution is 6.12. The molecule has 5 nitrogen and oxygen atoms in total. The maximum Gasteiger partial charge on any atom is 0.259 e. The van der Waals surface area contributed by atoms with Gasteiger partial charge in [0.15, 0.2) is 5.78 Å². The minimum absolute atomic E-state index is 0.0419. The lowest BCUT2D eigenvalue weighted by Gasteiger charge is -2.37. The average molecular weight is 529 g/mol. The first-order chi connectivity index (χ1) is 19.4. The Morgan fingerprint density at radius 1 is 0.850 bits per heavy atom. The van der Waals surface area contributed by atoms with Gasteiger partial charge < -0.3 is 10.1 Å². The Labute approximate surface area is 235 Å². The van der Waals surface area contributed by atoms with Gasteiger partial charge in [0.25, 0.3) is 5.91 Å². The molecule has 1 aliphatic heterocycles. The molecule has 4 aromatic carbocycles. The molecule has 0 radical (unpaired) electrons. The summed E-state index contributed by atoms with van der Waals surface area (Å²) in [4.78, 5) is 30.3. The summed E-state index contributed by atoms with van der Waals surface area (Å²) in [7, 11) is 0. The average Bonchev–Trinajstić information content (AvgIpc) is 3.10. The van der Waals surface area contributed by atoms with E-state index in [1.165, 1.54) is 0 Å². The van der Waals surface area contributed by atoms with Gasteiger partial charge in [0.2, 0.25) is 0 Å². The first-order valence-corrected chi connectivity index (χ1v) is 13.7. The number of nitrogens with one attached hydrogen (secondary N) is 1. The van der Waals surface area contributed by atoms with Crippen LogP contribution >= 0.6 is 0 Å². The van der Waals surface area contributed by atoms with E-state index in [2.05, 4.69) is 19.2 Å². The highest BCUT2D eigenvalue weighted by Crippen LogP contribution is 2.50. The summed E-state index contributed by atoms with van der Waals surface area (Å²) in [6.07, 6.45) is 1.10. The Bertz CT molecular complexity index is 1590. The van der Waals surface area contributed by atoms with Gasteiger partial charge in [-0.3, -0.25) is 14.5 Å². The zero-order valence-corrected chi connectivity index (χ0v) is 22.8. The molecule has 0 saturated carbocycles. The van der Waals surface area contributed by atoms with Crippen molar-refractivity contribution in [1.29, 1.82) is 0 Å². The SMILES string of the molecule is CC1(C)CC(=O)C2=C(C1)Nc1ccccc1N(C(=O)c1ccccc1)C2c1ccccc1OCc1ccccc1. The van der Waals surface area contributed by atoms with Crippen molar-refractivity contribution in [3.05, 3.63) is 137 Å². The van der Waals surface area contributed by atoms with Crippen molar-refractivity contribution in [3.8, 4) is 5.75 Å². The lowest BCUT2D eigenvalue weighted by molar-refractivity contribution is -0.118. The van der Waals surface area contributed by atoms with E-state index in [-0.39, 0.29) is 17.1 Å². The van der Waals surface area contributed by atoms with Gasteiger partial charge in [-0.1, -0.05) is 92.7 Å². The van der Waals surface area contributed by atoms with Gasteiger partial charge in [-0.15, -0.1) is 0 Å². The Hall–Kier alpha value is -4.64. The molecule has 1 N–H and O–H groups in total. The maximum absolute atomic E-state index is 14.4. The minimum atomic E-state index is -0.672. The Morgan fingerprint density at radius 3 is 2.27 bits per heavy atom. The molecule has 6 rings (SSSR count). The maximum atomic E-state index is 14.4. The molecule has 0 bridgehead atoms. The molecular formula is C35H32N2O3. The third kappa shape index (κ3) is 4.91. The number of carbonyl (C=O) groups excluding carboxylic acids is 2. The molecule has 1 aliphatic carbocycles. The van der Waals surface area contributed by atoms with Crippen LogP contribution in [0.2, 0.25) is 0 Å². The second-order valence-corrected chi connectivity index (χ2v) is 11.2. The van der Waals surface area contributed by atoms with Crippen molar-refractivity contribution >= 4 is 23.1 Å². The fraction of sp³-hybridized carbons (Fsp3) is 0.200. The Kier molecular flexibility index (Phi) is 6.72. The number of para-hydroxylation sites is 3. The predicted molar refractivity (Wildman–Crippen MR) is 158 cm³/mol. The molecule has 0 saturated heterocycles. The second-order valence-electron chi connectivity index (χ2n) is 11.2. The molecule has 1 amide bonds. The van der Waals surface area contributed by atoms with E-state index in [1.807, 2.05) is 109 Å². The predicted octanol–water partition coefficient (Wildman–Crippen LogP) is 7.72. The third-order valence-corrected chi connectivity index (χ3v) is 7.59. The second kappa shape index (κ2) is 10.5. The highest BCUT2D eigenvalue weighted by Gasteiger charge is 2.44. The van der Waals surface area contributed by atoms with Crippen LogP contribution in [0.1, 0.15) is 54.2 Å². The zero-order valence-electron chi connectivity index (χ0n) is 22.8. The molecule has 200 valence electrons. The number of anilines is 2. The first kappa shape index (κ1) is 25.6. The zero-order chi connectivity index (χ0) is 27.7. The molecule has 0 spiro atoms. The summed E-state index contributed by atoms with van der Waals surface area (Å²) in [5, 5.41) is 3.58. The molecule has 40 heavy (non-hydrogen) atoms. The van der Waals surface area contributed by atoms with Crippen molar-refractivity contribution < 1.29 is 14.3 Å². The minimum Gasteiger partial charge on any atom is -0.489 e. The molecule has 1 atom stereocenters. The number of allylic oxidation sites excluding steroid dienone is 1. The number of benzene rings is 4. The van der Waals surface area contributed by atoms with Crippen molar-refractivity contribution in [2.75, 3.05) is 10.2 Å². The first-order valence-electron chi connectivity index (χ1n) is 13.7. The van der Waals surface area contributed by atoms with Gasteiger partial charge in [0.05, 0.1) is 17.4 Å². The lowest BCUT2D eigenvalue weighted by Crippen LogP contribution is -2.39. The molecule has 1 heterocycles. The van der Waals surface area contributed by atoms with Crippen LogP contribution in [-0.2, 0) is 11.4 Å². The number of ether oxygens (including phenoxy) is 1. The lowest BCUT2D eigenvalue weighted by atomic mass is 9.73. The van der Waals surface area contributed by atoms with Crippen molar-refractivity contribution in [2.45, 2.75) is 39.3 Å². The number of rotatable bonds is 5. The van der Waals surface area contributed by atoms with Gasteiger partial charge >= 0.3 is 0 Å². The van der Waals surface area contributed by atoms with Crippen LogP contribution in [0.4, 0.5) is 11.4 Å².